The van der Waals surface area contributed by atoms with Crippen LogP contribution in [0.25, 0.3) is 5.69 Å². The SMILES string of the molecule is CCc1nn(-c2ccccc2)c(Oc2ccc(C)cc2)c1CN(C(=O)C1CC1)C1CC1. The van der Waals surface area contributed by atoms with Gasteiger partial charge in [0, 0.05) is 12.0 Å². The molecule has 1 amide bonds. The van der Waals surface area contributed by atoms with E-state index in [0.717, 1.165) is 54.8 Å². The second-order valence-corrected chi connectivity index (χ2v) is 8.72. The Morgan fingerprint density at radius 2 is 1.77 bits per heavy atom. The molecule has 3 aromatic rings. The minimum atomic E-state index is 0.219. The Kier molecular flexibility index (Phi) is 5.26. The molecular weight excluding hydrogens is 386 g/mol. The van der Waals surface area contributed by atoms with Crippen LogP contribution >= 0.6 is 0 Å². The van der Waals surface area contributed by atoms with Gasteiger partial charge < -0.3 is 9.64 Å². The van der Waals surface area contributed by atoms with E-state index in [4.69, 9.17) is 9.84 Å². The van der Waals surface area contributed by atoms with E-state index in [9.17, 15) is 4.79 Å². The summed E-state index contributed by atoms with van der Waals surface area (Å²) in [5.74, 6) is 2.01. The molecule has 0 radical (unpaired) electrons. The smallest absolute Gasteiger partial charge is 0.227 e. The normalized spacial score (nSPS) is 15.7. The van der Waals surface area contributed by atoms with Gasteiger partial charge in [-0.25, -0.2) is 4.68 Å². The Hall–Kier alpha value is -3.08. The molecule has 0 N–H and O–H groups in total. The van der Waals surface area contributed by atoms with Gasteiger partial charge in [-0.3, -0.25) is 4.79 Å². The van der Waals surface area contributed by atoms with Crippen LogP contribution < -0.4 is 4.74 Å². The number of rotatable bonds is 8. The zero-order chi connectivity index (χ0) is 21.4. The maximum Gasteiger partial charge on any atom is 0.227 e. The largest absolute Gasteiger partial charge is 0.439 e. The molecule has 0 saturated heterocycles. The lowest BCUT2D eigenvalue weighted by Gasteiger charge is -2.23. The molecule has 0 aliphatic heterocycles. The number of carbonyl (C=O) groups is 1. The Labute approximate surface area is 183 Å². The Bertz CT molecular complexity index is 1060. The summed E-state index contributed by atoms with van der Waals surface area (Å²) < 4.78 is 8.34. The average molecular weight is 416 g/mol. The van der Waals surface area contributed by atoms with Crippen LogP contribution in [0.15, 0.2) is 54.6 Å². The van der Waals surface area contributed by atoms with E-state index in [-0.39, 0.29) is 5.92 Å². The number of para-hydroxylation sites is 1. The first-order valence-electron chi connectivity index (χ1n) is 11.3. The molecule has 0 spiro atoms. The molecule has 5 rings (SSSR count). The van der Waals surface area contributed by atoms with E-state index in [2.05, 4.69) is 18.7 Å². The van der Waals surface area contributed by atoms with Gasteiger partial charge >= 0.3 is 0 Å². The van der Waals surface area contributed by atoms with Gasteiger partial charge in [-0.05, 0) is 63.3 Å². The summed E-state index contributed by atoms with van der Waals surface area (Å²) in [6, 6.07) is 18.5. The Morgan fingerprint density at radius 3 is 2.39 bits per heavy atom. The first kappa shape index (κ1) is 19.9. The molecular formula is C26H29N3O2. The number of amides is 1. The highest BCUT2D eigenvalue weighted by molar-refractivity contribution is 5.81. The number of benzene rings is 2. The number of hydrogen-bond donors (Lipinski definition) is 0. The molecule has 2 saturated carbocycles. The maximum atomic E-state index is 13.0. The number of ether oxygens (including phenoxy) is 1. The summed E-state index contributed by atoms with van der Waals surface area (Å²) >= 11 is 0. The summed E-state index contributed by atoms with van der Waals surface area (Å²) in [6.07, 6.45) is 5.04. The zero-order valence-electron chi connectivity index (χ0n) is 18.3. The van der Waals surface area contributed by atoms with E-state index in [1.54, 1.807) is 0 Å². The van der Waals surface area contributed by atoms with Gasteiger partial charge in [0.05, 0.1) is 23.5 Å². The number of carbonyl (C=O) groups excluding carboxylic acids is 1. The van der Waals surface area contributed by atoms with Gasteiger partial charge in [0.2, 0.25) is 11.8 Å². The lowest BCUT2D eigenvalue weighted by Crippen LogP contribution is -2.34. The zero-order valence-corrected chi connectivity index (χ0v) is 18.3. The molecule has 1 heterocycles. The molecule has 5 heteroatoms. The van der Waals surface area contributed by atoms with Crippen LogP contribution in [0, 0.1) is 12.8 Å². The first-order valence-corrected chi connectivity index (χ1v) is 11.3. The third kappa shape index (κ3) is 4.22. The fourth-order valence-electron chi connectivity index (χ4n) is 4.00. The number of aryl methyl sites for hydroxylation is 2. The highest BCUT2D eigenvalue weighted by Crippen LogP contribution is 2.39. The lowest BCUT2D eigenvalue weighted by atomic mass is 10.1. The van der Waals surface area contributed by atoms with Crippen LogP contribution in [0.2, 0.25) is 0 Å². The highest BCUT2D eigenvalue weighted by Gasteiger charge is 2.41. The number of hydrogen-bond acceptors (Lipinski definition) is 3. The number of nitrogens with zero attached hydrogens (tertiary/aromatic N) is 3. The van der Waals surface area contributed by atoms with Crippen LogP contribution in [-0.2, 0) is 17.8 Å². The molecule has 2 aromatic carbocycles. The molecule has 2 aliphatic carbocycles. The van der Waals surface area contributed by atoms with E-state index in [1.807, 2.05) is 59.3 Å². The molecule has 31 heavy (non-hydrogen) atoms. The van der Waals surface area contributed by atoms with E-state index in [0.29, 0.717) is 24.4 Å². The molecule has 2 aliphatic rings. The summed E-state index contributed by atoms with van der Waals surface area (Å²) in [7, 11) is 0. The van der Waals surface area contributed by atoms with Crippen molar-refractivity contribution < 1.29 is 9.53 Å². The molecule has 0 unspecified atom stereocenters. The van der Waals surface area contributed by atoms with Crippen molar-refractivity contribution in [1.82, 2.24) is 14.7 Å². The Morgan fingerprint density at radius 1 is 1.06 bits per heavy atom. The molecule has 5 nitrogen and oxygen atoms in total. The summed E-state index contributed by atoms with van der Waals surface area (Å²) in [6.45, 7) is 4.74. The van der Waals surface area contributed by atoms with Gasteiger partial charge in [0.25, 0.3) is 0 Å². The van der Waals surface area contributed by atoms with Crippen molar-refractivity contribution in [1.29, 1.82) is 0 Å². The third-order valence-electron chi connectivity index (χ3n) is 6.12. The fourth-order valence-corrected chi connectivity index (χ4v) is 4.00. The van der Waals surface area contributed by atoms with Crippen molar-refractivity contribution >= 4 is 5.91 Å². The summed E-state index contributed by atoms with van der Waals surface area (Å²) in [5, 5.41) is 4.92. The summed E-state index contributed by atoms with van der Waals surface area (Å²) in [4.78, 5) is 15.1. The molecule has 0 atom stereocenters. The van der Waals surface area contributed by atoms with Gasteiger partial charge in [-0.2, -0.15) is 5.10 Å². The van der Waals surface area contributed by atoms with Crippen LogP contribution in [-0.4, -0.2) is 26.6 Å². The van der Waals surface area contributed by atoms with Crippen molar-refractivity contribution in [3.8, 4) is 17.3 Å². The van der Waals surface area contributed by atoms with Crippen LogP contribution in [0.4, 0.5) is 0 Å². The second kappa shape index (κ2) is 8.22. The minimum absolute atomic E-state index is 0.219. The molecule has 160 valence electrons. The minimum Gasteiger partial charge on any atom is -0.439 e. The fraction of sp³-hybridized carbons (Fsp3) is 0.385. The standard InChI is InChI=1S/C26H29N3O2/c1-3-24-23(17-28(20-13-14-20)25(30)19-11-12-19)26(31-22-15-9-18(2)10-16-22)29(27-24)21-7-5-4-6-8-21/h4-10,15-16,19-20H,3,11-14,17H2,1-2H3. The number of aromatic nitrogens is 2. The predicted octanol–water partition coefficient (Wildman–Crippen LogP) is 5.44. The van der Waals surface area contributed by atoms with E-state index >= 15 is 0 Å². The van der Waals surface area contributed by atoms with Crippen LogP contribution in [0.1, 0.15) is 49.4 Å². The van der Waals surface area contributed by atoms with Crippen molar-refractivity contribution in [2.45, 2.75) is 58.5 Å². The van der Waals surface area contributed by atoms with Crippen molar-refractivity contribution in [2.24, 2.45) is 5.92 Å². The second-order valence-electron chi connectivity index (χ2n) is 8.72. The van der Waals surface area contributed by atoms with Gasteiger partial charge in [0.15, 0.2) is 0 Å². The highest BCUT2D eigenvalue weighted by atomic mass is 16.5. The lowest BCUT2D eigenvalue weighted by molar-refractivity contribution is -0.133. The van der Waals surface area contributed by atoms with E-state index in [1.165, 1.54) is 5.56 Å². The topological polar surface area (TPSA) is 47.4 Å². The summed E-state index contributed by atoms with van der Waals surface area (Å²) in [5.41, 5.74) is 4.15. The van der Waals surface area contributed by atoms with Crippen molar-refractivity contribution in [3.05, 3.63) is 71.4 Å². The third-order valence-corrected chi connectivity index (χ3v) is 6.12. The molecule has 0 bridgehead atoms. The molecule has 1 aromatic heterocycles. The van der Waals surface area contributed by atoms with Crippen molar-refractivity contribution in [2.75, 3.05) is 0 Å². The Balaban J connectivity index is 1.57. The van der Waals surface area contributed by atoms with Crippen LogP contribution in [0.5, 0.6) is 11.6 Å². The van der Waals surface area contributed by atoms with Gasteiger partial charge in [-0.15, -0.1) is 0 Å². The molecule has 2 fully saturated rings. The monoisotopic (exact) mass is 415 g/mol. The van der Waals surface area contributed by atoms with E-state index < -0.39 is 0 Å². The predicted molar refractivity (Wildman–Crippen MR) is 120 cm³/mol. The van der Waals surface area contributed by atoms with Gasteiger partial charge in [0.1, 0.15) is 5.75 Å². The quantitative estimate of drug-likeness (QED) is 0.492. The average Bonchev–Trinajstić information content (AvgIpc) is 3.71. The van der Waals surface area contributed by atoms with Crippen molar-refractivity contribution in [3.63, 3.8) is 0 Å². The van der Waals surface area contributed by atoms with Gasteiger partial charge in [-0.1, -0.05) is 42.8 Å². The van der Waals surface area contributed by atoms with Crippen LogP contribution in [0.3, 0.4) is 0 Å². The first-order chi connectivity index (χ1) is 15.1. The maximum absolute atomic E-state index is 13.0.